The molecule has 6 heteroatoms. The molecule has 0 aromatic heterocycles. The first-order valence-electron chi connectivity index (χ1n) is 8.53. The van der Waals surface area contributed by atoms with Crippen LogP contribution in [0, 0.1) is 0 Å². The molecule has 1 aliphatic heterocycles. The maximum atomic E-state index is 12.6. The molecule has 0 spiro atoms. The molecule has 1 rings (SSSR count). The number of carbonyl (C=O) groups excluding carboxylic acids is 2. The van der Waals surface area contributed by atoms with E-state index in [-0.39, 0.29) is 19.9 Å². The predicted molar refractivity (Wildman–Crippen MR) is 107 cm³/mol. The fourth-order valence-corrected chi connectivity index (χ4v) is 3.41. The van der Waals surface area contributed by atoms with E-state index in [0.717, 1.165) is 23.3 Å². The average molecular weight is 369 g/mol. The predicted octanol–water partition coefficient (Wildman–Crippen LogP) is 4.13. The lowest BCUT2D eigenvalue weighted by Gasteiger charge is -2.27. The molecule has 2 amide bonds. The maximum Gasteiger partial charge on any atom is 0.408 e. The Morgan fingerprint density at radius 2 is 2.12 bits per heavy atom. The van der Waals surface area contributed by atoms with Crippen LogP contribution < -0.4 is 5.32 Å². The van der Waals surface area contributed by atoms with Crippen molar-refractivity contribution in [3.8, 4) is 0 Å². The molecular weight excluding hydrogens is 336 g/mol. The molecular formula is C19H32N2O3S. The Kier molecular flexibility index (Phi) is 8.29. The lowest BCUT2D eigenvalue weighted by molar-refractivity contribution is -0.130. The molecule has 0 aromatic rings. The van der Waals surface area contributed by atoms with Gasteiger partial charge in [0.2, 0.25) is 5.91 Å². The Morgan fingerprint density at radius 1 is 1.44 bits per heavy atom. The third-order valence-corrected chi connectivity index (χ3v) is 4.59. The highest BCUT2D eigenvalue weighted by molar-refractivity contribution is 8.02. The number of nitrogens with one attached hydrogen (secondary N) is 1. The zero-order chi connectivity index (χ0) is 19.0. The fourth-order valence-electron chi connectivity index (χ4n) is 2.81. The van der Waals surface area contributed by atoms with Gasteiger partial charge >= 0.3 is 6.09 Å². The minimum atomic E-state index is -0.581. The first-order valence-corrected chi connectivity index (χ1v) is 9.75. The molecule has 0 bridgehead atoms. The van der Waals surface area contributed by atoms with Gasteiger partial charge in [-0.3, -0.25) is 4.79 Å². The zero-order valence-corrected chi connectivity index (χ0v) is 16.7. The van der Waals surface area contributed by atoms with Crippen molar-refractivity contribution in [3.05, 3.63) is 35.3 Å². The van der Waals surface area contributed by atoms with Gasteiger partial charge in [-0.15, -0.1) is 11.8 Å². The summed E-state index contributed by atoms with van der Waals surface area (Å²) >= 11 is 1.63. The van der Waals surface area contributed by atoms with Crippen molar-refractivity contribution < 1.29 is 15.8 Å². The third kappa shape index (κ3) is 6.61. The summed E-state index contributed by atoms with van der Waals surface area (Å²) < 4.78 is 5.18. The van der Waals surface area contributed by atoms with Gasteiger partial charge in [-0.2, -0.15) is 0 Å². The summed E-state index contributed by atoms with van der Waals surface area (Å²) in [5.41, 5.74) is 0.524. The van der Waals surface area contributed by atoms with Crippen LogP contribution in [0.2, 0.25) is 0 Å². The molecule has 1 saturated heterocycles. The summed E-state index contributed by atoms with van der Waals surface area (Å²) in [7, 11) is 0. The van der Waals surface area contributed by atoms with Crippen molar-refractivity contribution in [1.82, 2.24) is 10.2 Å². The molecule has 0 aliphatic carbocycles. The number of carbonyl (C=O) groups is 2. The van der Waals surface area contributed by atoms with Crippen LogP contribution in [0.3, 0.4) is 0 Å². The fraction of sp³-hybridized carbons (Fsp3) is 0.579. The number of hydrogen-bond donors (Lipinski definition) is 1. The second-order valence-electron chi connectivity index (χ2n) is 6.83. The first-order chi connectivity index (χ1) is 11.7. The van der Waals surface area contributed by atoms with Crippen molar-refractivity contribution in [2.45, 2.75) is 52.2 Å². The van der Waals surface area contributed by atoms with Gasteiger partial charge in [0.15, 0.2) is 0 Å². The van der Waals surface area contributed by atoms with Gasteiger partial charge in [-0.1, -0.05) is 24.8 Å². The summed E-state index contributed by atoms with van der Waals surface area (Å²) in [6, 6.07) is 0.0181. The van der Waals surface area contributed by atoms with Crippen LogP contribution in [-0.4, -0.2) is 47.9 Å². The van der Waals surface area contributed by atoms with E-state index in [1.807, 2.05) is 36.3 Å². The van der Waals surface area contributed by atoms with Crippen LogP contribution in [0.1, 0.15) is 42.0 Å². The summed E-state index contributed by atoms with van der Waals surface area (Å²) in [5, 5.41) is 2.55. The van der Waals surface area contributed by atoms with E-state index in [9.17, 15) is 9.59 Å². The van der Waals surface area contributed by atoms with Crippen LogP contribution in [0.25, 0.3) is 0 Å². The Bertz CT molecular complexity index is 568. The van der Waals surface area contributed by atoms with Crippen molar-refractivity contribution in [3.63, 3.8) is 0 Å². The van der Waals surface area contributed by atoms with Gasteiger partial charge in [-0.05, 0) is 52.4 Å². The molecule has 25 heavy (non-hydrogen) atoms. The Labute approximate surface area is 157 Å². The van der Waals surface area contributed by atoms with Gasteiger partial charge < -0.3 is 15.0 Å². The number of ether oxygens (including phenoxy) is 1. The maximum absolute atomic E-state index is 12.6. The Balaban J connectivity index is 0.00000625. The normalized spacial score (nSPS) is 18.9. The van der Waals surface area contributed by atoms with Crippen molar-refractivity contribution >= 4 is 23.8 Å². The largest absolute Gasteiger partial charge is 0.444 e. The Hall–Kier alpha value is -1.69. The van der Waals surface area contributed by atoms with Gasteiger partial charge in [-0.25, -0.2) is 4.79 Å². The minimum Gasteiger partial charge on any atom is -0.444 e. The summed E-state index contributed by atoms with van der Waals surface area (Å²) in [4.78, 5) is 27.3. The van der Waals surface area contributed by atoms with Gasteiger partial charge in [0, 0.05) is 12.9 Å². The number of hydrogen-bond acceptors (Lipinski definition) is 4. The number of rotatable bonds is 6. The topological polar surface area (TPSA) is 58.6 Å². The van der Waals surface area contributed by atoms with Crippen LogP contribution >= 0.6 is 11.8 Å². The van der Waals surface area contributed by atoms with E-state index >= 15 is 0 Å². The van der Waals surface area contributed by atoms with Gasteiger partial charge in [0.05, 0.1) is 6.04 Å². The van der Waals surface area contributed by atoms with E-state index in [2.05, 4.69) is 11.9 Å². The average Bonchev–Trinajstić information content (AvgIpc) is 3.00. The molecule has 0 radical (unpaired) electrons. The molecule has 0 unspecified atom stereocenters. The number of allylic oxidation sites excluding steroid dienone is 2. The van der Waals surface area contributed by atoms with Crippen LogP contribution in [-0.2, 0) is 9.53 Å². The second kappa shape index (κ2) is 9.70. The quantitative estimate of drug-likeness (QED) is 0.716. The number of alkyl carbamates (subject to hydrolysis) is 1. The van der Waals surface area contributed by atoms with Gasteiger partial charge in [0.25, 0.3) is 0 Å². The lowest BCUT2D eigenvalue weighted by atomic mass is 10.0. The van der Waals surface area contributed by atoms with E-state index in [0.29, 0.717) is 6.54 Å². The summed E-state index contributed by atoms with van der Waals surface area (Å²) in [6.07, 6.45) is 9.15. The van der Waals surface area contributed by atoms with E-state index in [1.165, 1.54) is 0 Å². The molecule has 1 aliphatic rings. The van der Waals surface area contributed by atoms with Crippen LogP contribution in [0.5, 0.6) is 0 Å². The molecule has 0 aromatic carbocycles. The van der Waals surface area contributed by atoms with E-state index in [1.54, 1.807) is 32.5 Å². The SMILES string of the molecule is C=C/C(SC)=C(\C=C/C)[C@H]1CCCN1C(=O)CNC(=O)OC(C)(C)C.[HH]. The standard InChI is InChI=1S/C19H30N2O3S.H2/c1-7-10-14(16(8-2)25-6)15-11-9-12-21(15)17(22)13-20-18(23)24-19(3,4)5;/h7-8,10,15H,2,9,11-13H2,1,3-6H3,(H,20,23);1H/b10-7-,16-14-;/t15-;/m1./s1. The molecule has 5 nitrogen and oxygen atoms in total. The molecule has 0 saturated carbocycles. The smallest absolute Gasteiger partial charge is 0.408 e. The van der Waals surface area contributed by atoms with E-state index in [4.69, 9.17) is 4.74 Å². The number of likely N-dealkylation sites (tertiary alicyclic amines) is 1. The summed E-state index contributed by atoms with van der Waals surface area (Å²) in [6.45, 7) is 11.9. The van der Waals surface area contributed by atoms with E-state index < -0.39 is 11.7 Å². The molecule has 1 N–H and O–H groups in total. The number of amides is 2. The summed E-state index contributed by atoms with van der Waals surface area (Å²) in [5.74, 6) is -0.0973. The monoisotopic (exact) mass is 368 g/mol. The van der Waals surface area contributed by atoms with Crippen molar-refractivity contribution in [1.29, 1.82) is 0 Å². The Morgan fingerprint density at radius 3 is 2.64 bits per heavy atom. The first kappa shape index (κ1) is 21.4. The highest BCUT2D eigenvalue weighted by Gasteiger charge is 2.31. The van der Waals surface area contributed by atoms with Crippen LogP contribution in [0.4, 0.5) is 4.79 Å². The van der Waals surface area contributed by atoms with Crippen LogP contribution in [0.15, 0.2) is 35.3 Å². The van der Waals surface area contributed by atoms with Crippen molar-refractivity contribution in [2.24, 2.45) is 0 Å². The molecule has 1 heterocycles. The van der Waals surface area contributed by atoms with Gasteiger partial charge in [0.1, 0.15) is 12.1 Å². The molecule has 142 valence electrons. The highest BCUT2D eigenvalue weighted by atomic mass is 32.2. The molecule has 1 atom stereocenters. The number of nitrogens with zero attached hydrogens (tertiary/aromatic N) is 1. The minimum absolute atomic E-state index is 0. The highest BCUT2D eigenvalue weighted by Crippen LogP contribution is 2.30. The number of thioether (sulfide) groups is 1. The molecule has 1 fully saturated rings. The third-order valence-electron chi connectivity index (χ3n) is 3.75. The lowest BCUT2D eigenvalue weighted by Crippen LogP contribution is -2.44. The second-order valence-corrected chi connectivity index (χ2v) is 7.68. The van der Waals surface area contributed by atoms with Crippen molar-refractivity contribution in [2.75, 3.05) is 19.3 Å². The zero-order valence-electron chi connectivity index (χ0n) is 15.9.